The molecule has 1 fully saturated rings. The Morgan fingerprint density at radius 2 is 1.95 bits per heavy atom. The van der Waals surface area contributed by atoms with Crippen LogP contribution in [0.2, 0.25) is 0 Å². The maximum Gasteiger partial charge on any atom is 0.318 e. The molecule has 0 aliphatic carbocycles. The SMILES string of the molecule is C=CCN(C(=O)NCC1(C(=O)O)CCOCC1)C(C)(C)C. The molecule has 6 nitrogen and oxygen atoms in total. The van der Waals surface area contributed by atoms with Crippen LogP contribution in [0.25, 0.3) is 0 Å². The normalized spacial score (nSPS) is 17.9. The maximum atomic E-state index is 12.3. The van der Waals surface area contributed by atoms with Gasteiger partial charge in [0.05, 0.1) is 5.41 Å². The summed E-state index contributed by atoms with van der Waals surface area (Å²) in [6, 6.07) is -0.269. The monoisotopic (exact) mass is 298 g/mol. The van der Waals surface area contributed by atoms with E-state index in [4.69, 9.17) is 4.74 Å². The maximum absolute atomic E-state index is 12.3. The molecule has 0 bridgehead atoms. The molecule has 6 heteroatoms. The minimum absolute atomic E-state index is 0.119. The number of carbonyl (C=O) groups is 2. The van der Waals surface area contributed by atoms with Gasteiger partial charge >= 0.3 is 12.0 Å². The van der Waals surface area contributed by atoms with Crippen molar-refractivity contribution in [2.75, 3.05) is 26.3 Å². The predicted molar refractivity (Wildman–Crippen MR) is 80.2 cm³/mol. The van der Waals surface area contributed by atoms with E-state index in [1.807, 2.05) is 20.8 Å². The summed E-state index contributed by atoms with van der Waals surface area (Å²) >= 11 is 0. The van der Waals surface area contributed by atoms with E-state index in [0.29, 0.717) is 32.6 Å². The lowest BCUT2D eigenvalue weighted by Gasteiger charge is -2.37. The Morgan fingerprint density at radius 3 is 2.38 bits per heavy atom. The first-order chi connectivity index (χ1) is 9.73. The zero-order chi connectivity index (χ0) is 16.1. The quantitative estimate of drug-likeness (QED) is 0.759. The first kappa shape index (κ1) is 17.5. The van der Waals surface area contributed by atoms with Gasteiger partial charge in [0.2, 0.25) is 0 Å². The minimum atomic E-state index is -0.925. The Balaban J connectivity index is 2.72. The first-order valence-corrected chi connectivity index (χ1v) is 7.20. The van der Waals surface area contributed by atoms with E-state index in [0.717, 1.165) is 0 Å². The van der Waals surface area contributed by atoms with E-state index in [2.05, 4.69) is 11.9 Å². The molecule has 1 heterocycles. The number of nitrogens with zero attached hydrogens (tertiary/aromatic N) is 1. The van der Waals surface area contributed by atoms with Crippen LogP contribution in [0.5, 0.6) is 0 Å². The van der Waals surface area contributed by atoms with Gasteiger partial charge in [-0.3, -0.25) is 4.79 Å². The predicted octanol–water partition coefficient (Wildman–Crippen LogP) is 1.86. The highest BCUT2D eigenvalue weighted by Gasteiger charge is 2.41. The highest BCUT2D eigenvalue weighted by atomic mass is 16.5. The molecule has 0 spiro atoms. The molecule has 0 unspecified atom stereocenters. The van der Waals surface area contributed by atoms with Crippen LogP contribution in [0, 0.1) is 5.41 Å². The van der Waals surface area contributed by atoms with Crippen molar-refractivity contribution >= 4 is 12.0 Å². The van der Waals surface area contributed by atoms with Gasteiger partial charge in [0.25, 0.3) is 0 Å². The second-order valence-electron chi connectivity index (χ2n) is 6.43. The number of ether oxygens (including phenoxy) is 1. The summed E-state index contributed by atoms with van der Waals surface area (Å²) in [6.45, 7) is 10.8. The van der Waals surface area contributed by atoms with Crippen LogP contribution < -0.4 is 5.32 Å². The topological polar surface area (TPSA) is 78.9 Å². The number of carboxylic acids is 1. The smallest absolute Gasteiger partial charge is 0.318 e. The molecular formula is C15H26N2O4. The van der Waals surface area contributed by atoms with Gasteiger partial charge in [0.15, 0.2) is 0 Å². The molecular weight excluding hydrogens is 272 g/mol. The lowest BCUT2D eigenvalue weighted by Crippen LogP contribution is -2.54. The third-order valence-corrected chi connectivity index (χ3v) is 3.85. The van der Waals surface area contributed by atoms with Crippen molar-refractivity contribution in [3.05, 3.63) is 12.7 Å². The number of carboxylic acid groups (broad SMARTS) is 1. The second-order valence-corrected chi connectivity index (χ2v) is 6.43. The molecule has 1 saturated heterocycles. The number of hydrogen-bond acceptors (Lipinski definition) is 3. The fraction of sp³-hybridized carbons (Fsp3) is 0.733. The highest BCUT2D eigenvalue weighted by molar-refractivity contribution is 5.78. The van der Waals surface area contributed by atoms with Crippen LogP contribution in [-0.4, -0.2) is 53.8 Å². The lowest BCUT2D eigenvalue weighted by molar-refractivity contribution is -0.154. The number of aliphatic carboxylic acids is 1. The van der Waals surface area contributed by atoms with Crippen molar-refractivity contribution in [2.45, 2.75) is 39.2 Å². The van der Waals surface area contributed by atoms with Gasteiger partial charge in [-0.05, 0) is 33.6 Å². The summed E-state index contributed by atoms with van der Waals surface area (Å²) in [6.07, 6.45) is 2.49. The average Bonchev–Trinajstić information content (AvgIpc) is 2.41. The van der Waals surface area contributed by atoms with Gasteiger partial charge in [0, 0.05) is 31.8 Å². The molecule has 21 heavy (non-hydrogen) atoms. The Kier molecular flexibility index (Phi) is 5.78. The van der Waals surface area contributed by atoms with Gasteiger partial charge in [-0.15, -0.1) is 6.58 Å². The van der Waals surface area contributed by atoms with E-state index in [-0.39, 0.29) is 18.1 Å². The first-order valence-electron chi connectivity index (χ1n) is 7.20. The molecule has 0 saturated carbocycles. The molecule has 1 aliphatic heterocycles. The number of amides is 2. The molecule has 2 amide bonds. The second kappa shape index (κ2) is 6.93. The van der Waals surface area contributed by atoms with E-state index in [9.17, 15) is 14.7 Å². The number of nitrogens with one attached hydrogen (secondary N) is 1. The molecule has 0 aromatic rings. The summed E-state index contributed by atoms with van der Waals surface area (Å²) < 4.78 is 5.22. The number of urea groups is 1. The van der Waals surface area contributed by atoms with Crippen molar-refractivity contribution in [1.82, 2.24) is 10.2 Å². The standard InChI is InChI=1S/C15H26N2O4/c1-5-8-17(14(2,3)4)13(20)16-11-15(12(18)19)6-9-21-10-7-15/h5H,1,6-11H2,2-4H3,(H,16,20)(H,18,19). The highest BCUT2D eigenvalue weighted by Crippen LogP contribution is 2.30. The number of hydrogen-bond donors (Lipinski definition) is 2. The van der Waals surface area contributed by atoms with E-state index in [1.165, 1.54) is 0 Å². The van der Waals surface area contributed by atoms with Gasteiger partial charge in [-0.25, -0.2) is 4.79 Å². The summed E-state index contributed by atoms with van der Waals surface area (Å²) in [5.74, 6) is -0.878. The molecule has 120 valence electrons. The fourth-order valence-corrected chi connectivity index (χ4v) is 2.36. The van der Waals surface area contributed by atoms with Crippen molar-refractivity contribution < 1.29 is 19.4 Å². The third-order valence-electron chi connectivity index (χ3n) is 3.85. The van der Waals surface area contributed by atoms with Crippen LogP contribution in [0.1, 0.15) is 33.6 Å². The van der Waals surface area contributed by atoms with Gasteiger partial charge in [0.1, 0.15) is 0 Å². The van der Waals surface area contributed by atoms with Gasteiger partial charge in [-0.1, -0.05) is 6.08 Å². The van der Waals surface area contributed by atoms with Crippen LogP contribution in [0.3, 0.4) is 0 Å². The van der Waals surface area contributed by atoms with E-state index in [1.54, 1.807) is 11.0 Å². The Hall–Kier alpha value is -1.56. The van der Waals surface area contributed by atoms with Gasteiger partial charge < -0.3 is 20.1 Å². The van der Waals surface area contributed by atoms with E-state index >= 15 is 0 Å². The summed E-state index contributed by atoms with van der Waals surface area (Å²) in [4.78, 5) is 25.5. The zero-order valence-corrected chi connectivity index (χ0v) is 13.1. The Labute approximate surface area is 126 Å². The van der Waals surface area contributed by atoms with Crippen molar-refractivity contribution in [3.63, 3.8) is 0 Å². The van der Waals surface area contributed by atoms with Crippen molar-refractivity contribution in [2.24, 2.45) is 5.41 Å². The lowest BCUT2D eigenvalue weighted by atomic mass is 9.80. The average molecular weight is 298 g/mol. The third kappa shape index (κ3) is 4.46. The zero-order valence-electron chi connectivity index (χ0n) is 13.1. The Bertz CT molecular complexity index is 395. The molecule has 0 atom stereocenters. The van der Waals surface area contributed by atoms with Crippen LogP contribution in [0.15, 0.2) is 12.7 Å². The van der Waals surface area contributed by atoms with Crippen LogP contribution in [-0.2, 0) is 9.53 Å². The molecule has 0 radical (unpaired) electrons. The fourth-order valence-electron chi connectivity index (χ4n) is 2.36. The van der Waals surface area contributed by atoms with Crippen molar-refractivity contribution in [1.29, 1.82) is 0 Å². The van der Waals surface area contributed by atoms with Gasteiger partial charge in [-0.2, -0.15) is 0 Å². The molecule has 1 rings (SSSR count). The van der Waals surface area contributed by atoms with Crippen molar-refractivity contribution in [3.8, 4) is 0 Å². The summed E-state index contributed by atoms with van der Waals surface area (Å²) in [5.41, 5.74) is -1.28. The molecule has 1 aliphatic rings. The molecule has 2 N–H and O–H groups in total. The largest absolute Gasteiger partial charge is 0.481 e. The molecule has 0 aromatic heterocycles. The minimum Gasteiger partial charge on any atom is -0.481 e. The summed E-state index contributed by atoms with van der Waals surface area (Å²) in [7, 11) is 0. The van der Waals surface area contributed by atoms with Crippen LogP contribution >= 0.6 is 0 Å². The van der Waals surface area contributed by atoms with Crippen LogP contribution in [0.4, 0.5) is 4.79 Å². The number of rotatable bonds is 5. The molecule has 0 aromatic carbocycles. The number of carbonyl (C=O) groups excluding carboxylic acids is 1. The Morgan fingerprint density at radius 1 is 1.38 bits per heavy atom. The van der Waals surface area contributed by atoms with E-state index < -0.39 is 11.4 Å². The summed E-state index contributed by atoms with van der Waals surface area (Å²) in [5, 5.41) is 12.2.